The molecule has 17 heavy (non-hydrogen) atoms. The van der Waals surface area contributed by atoms with Crippen LogP contribution < -0.4 is 0 Å². The van der Waals surface area contributed by atoms with Gasteiger partial charge in [-0.2, -0.15) is 0 Å². The standard InChI is InChI=1S/C10H5BrCl4O2/c11-8-4(12)1-3(2-5(8)13)6-7(9(16)17)10(6,14)15/h1-2,6-7H,(H,16,17)/t6-,7+/m1/s1. The van der Waals surface area contributed by atoms with Crippen LogP contribution in [0.1, 0.15) is 11.5 Å². The Hall–Kier alpha value is 0.330. The first kappa shape index (κ1) is 13.8. The van der Waals surface area contributed by atoms with Crippen molar-refractivity contribution in [2.24, 2.45) is 5.92 Å². The van der Waals surface area contributed by atoms with Crippen molar-refractivity contribution in [2.75, 3.05) is 0 Å². The molecule has 1 aromatic rings. The molecule has 2 atom stereocenters. The van der Waals surface area contributed by atoms with Gasteiger partial charge in [0.2, 0.25) is 0 Å². The van der Waals surface area contributed by atoms with Crippen molar-refractivity contribution in [2.45, 2.75) is 10.3 Å². The van der Waals surface area contributed by atoms with E-state index in [-0.39, 0.29) is 0 Å². The van der Waals surface area contributed by atoms with E-state index in [2.05, 4.69) is 15.9 Å². The average Bonchev–Trinajstić information content (AvgIpc) is 2.77. The minimum Gasteiger partial charge on any atom is -0.481 e. The Bertz CT molecular complexity index is 480. The summed E-state index contributed by atoms with van der Waals surface area (Å²) in [6, 6.07) is 3.23. The zero-order valence-corrected chi connectivity index (χ0v) is 12.7. The average molecular weight is 379 g/mol. The highest BCUT2D eigenvalue weighted by Crippen LogP contribution is 2.65. The number of benzene rings is 1. The van der Waals surface area contributed by atoms with Gasteiger partial charge in [0.1, 0.15) is 4.33 Å². The van der Waals surface area contributed by atoms with Crippen LogP contribution in [-0.2, 0) is 4.79 Å². The molecule has 0 spiro atoms. The molecule has 0 saturated heterocycles. The number of aliphatic carboxylic acids is 1. The molecule has 1 saturated carbocycles. The van der Waals surface area contributed by atoms with E-state index in [0.29, 0.717) is 20.1 Å². The van der Waals surface area contributed by atoms with Crippen LogP contribution in [0.5, 0.6) is 0 Å². The van der Waals surface area contributed by atoms with E-state index in [9.17, 15) is 4.79 Å². The van der Waals surface area contributed by atoms with Crippen molar-refractivity contribution in [3.8, 4) is 0 Å². The molecule has 0 aromatic heterocycles. The first-order valence-electron chi connectivity index (χ1n) is 4.52. The van der Waals surface area contributed by atoms with Gasteiger partial charge in [-0.3, -0.25) is 4.79 Å². The lowest BCUT2D eigenvalue weighted by molar-refractivity contribution is -0.138. The molecule has 0 amide bonds. The molecule has 1 fully saturated rings. The number of carboxylic acid groups (broad SMARTS) is 1. The molecule has 1 aliphatic rings. The molecule has 2 rings (SSSR count). The maximum atomic E-state index is 11.0. The molecule has 0 aliphatic heterocycles. The molecular weight excluding hydrogens is 374 g/mol. The Balaban J connectivity index is 2.41. The predicted molar refractivity (Wildman–Crippen MR) is 72.5 cm³/mol. The van der Waals surface area contributed by atoms with E-state index in [1.54, 1.807) is 12.1 Å². The second kappa shape index (κ2) is 4.46. The summed E-state index contributed by atoms with van der Waals surface area (Å²) < 4.78 is -0.737. The Morgan fingerprint density at radius 3 is 2.12 bits per heavy atom. The van der Waals surface area contributed by atoms with Gasteiger partial charge in [0.05, 0.1) is 20.4 Å². The lowest BCUT2D eigenvalue weighted by atomic mass is 10.1. The van der Waals surface area contributed by atoms with Gasteiger partial charge in [-0.25, -0.2) is 0 Å². The van der Waals surface area contributed by atoms with Gasteiger partial charge in [0, 0.05) is 5.92 Å². The fourth-order valence-electron chi connectivity index (χ4n) is 1.80. The van der Waals surface area contributed by atoms with Crippen LogP contribution in [0, 0.1) is 5.92 Å². The third-order valence-corrected chi connectivity index (χ3v) is 5.53. The van der Waals surface area contributed by atoms with Crippen LogP contribution in [0.2, 0.25) is 10.0 Å². The molecule has 7 heteroatoms. The van der Waals surface area contributed by atoms with Crippen LogP contribution in [-0.4, -0.2) is 15.4 Å². The van der Waals surface area contributed by atoms with Crippen molar-refractivity contribution in [1.82, 2.24) is 0 Å². The number of halogens is 5. The first-order valence-corrected chi connectivity index (χ1v) is 6.82. The summed E-state index contributed by atoms with van der Waals surface area (Å²) in [6.45, 7) is 0. The SMILES string of the molecule is O=C(O)[C@@H]1[C@@H](c2cc(Cl)c(Br)c(Cl)c2)C1(Cl)Cl. The van der Waals surface area contributed by atoms with E-state index in [4.69, 9.17) is 51.5 Å². The summed E-state index contributed by atoms with van der Waals surface area (Å²) in [6.07, 6.45) is 0. The fraction of sp³-hybridized carbons (Fsp3) is 0.300. The van der Waals surface area contributed by atoms with Crippen LogP contribution >= 0.6 is 62.3 Å². The third kappa shape index (κ3) is 2.28. The number of hydrogen-bond acceptors (Lipinski definition) is 1. The largest absolute Gasteiger partial charge is 0.481 e. The molecule has 1 aliphatic carbocycles. The molecule has 0 bridgehead atoms. The second-order valence-electron chi connectivity index (χ2n) is 3.77. The number of carbonyl (C=O) groups is 1. The summed E-state index contributed by atoms with van der Waals surface area (Å²) in [5, 5.41) is 9.76. The molecule has 2 nitrogen and oxygen atoms in total. The normalized spacial score (nSPS) is 25.7. The van der Waals surface area contributed by atoms with E-state index < -0.39 is 22.1 Å². The van der Waals surface area contributed by atoms with Crippen molar-refractivity contribution in [3.63, 3.8) is 0 Å². The Morgan fingerprint density at radius 1 is 1.29 bits per heavy atom. The third-order valence-electron chi connectivity index (χ3n) is 2.68. The van der Waals surface area contributed by atoms with Gasteiger partial charge in [-0.15, -0.1) is 0 Å². The van der Waals surface area contributed by atoms with Crippen LogP contribution in [0.3, 0.4) is 0 Å². The van der Waals surface area contributed by atoms with Crippen molar-refractivity contribution in [3.05, 3.63) is 32.2 Å². The molecule has 0 radical (unpaired) electrons. The zero-order chi connectivity index (χ0) is 13.0. The zero-order valence-electron chi connectivity index (χ0n) is 8.05. The summed E-state index contributed by atoms with van der Waals surface area (Å²) in [7, 11) is 0. The van der Waals surface area contributed by atoms with Crippen molar-refractivity contribution in [1.29, 1.82) is 0 Å². The van der Waals surface area contributed by atoms with Gasteiger partial charge >= 0.3 is 5.97 Å². The number of alkyl halides is 2. The fourth-order valence-corrected chi connectivity index (χ4v) is 3.35. The topological polar surface area (TPSA) is 37.3 Å². The summed E-state index contributed by atoms with van der Waals surface area (Å²) >= 11 is 27.0. The molecule has 1 N–H and O–H groups in total. The summed E-state index contributed by atoms with van der Waals surface area (Å²) in [4.78, 5) is 11.0. The second-order valence-corrected chi connectivity index (χ2v) is 6.82. The van der Waals surface area contributed by atoms with E-state index in [1.807, 2.05) is 0 Å². The van der Waals surface area contributed by atoms with Gasteiger partial charge in [0.15, 0.2) is 0 Å². The summed E-state index contributed by atoms with van der Waals surface area (Å²) in [5.74, 6) is -2.36. The highest BCUT2D eigenvalue weighted by atomic mass is 79.9. The highest BCUT2D eigenvalue weighted by molar-refractivity contribution is 9.10. The Morgan fingerprint density at radius 2 is 1.76 bits per heavy atom. The van der Waals surface area contributed by atoms with Crippen molar-refractivity contribution < 1.29 is 9.90 Å². The van der Waals surface area contributed by atoms with Crippen LogP contribution in [0.25, 0.3) is 0 Å². The maximum absolute atomic E-state index is 11.0. The Kier molecular flexibility index (Phi) is 3.61. The van der Waals surface area contributed by atoms with E-state index in [0.717, 1.165) is 0 Å². The number of rotatable bonds is 2. The lowest BCUT2D eigenvalue weighted by Gasteiger charge is -2.05. The smallest absolute Gasteiger partial charge is 0.310 e. The maximum Gasteiger partial charge on any atom is 0.310 e. The lowest BCUT2D eigenvalue weighted by Crippen LogP contribution is -2.03. The van der Waals surface area contributed by atoms with Gasteiger partial charge in [-0.1, -0.05) is 46.4 Å². The van der Waals surface area contributed by atoms with Crippen LogP contribution in [0.15, 0.2) is 16.6 Å². The van der Waals surface area contributed by atoms with Gasteiger partial charge in [0.25, 0.3) is 0 Å². The first-order chi connectivity index (χ1) is 7.76. The van der Waals surface area contributed by atoms with Crippen molar-refractivity contribution >= 4 is 68.3 Å². The summed E-state index contributed by atoms with van der Waals surface area (Å²) in [5.41, 5.74) is 0.626. The quantitative estimate of drug-likeness (QED) is 0.596. The van der Waals surface area contributed by atoms with E-state index >= 15 is 0 Å². The van der Waals surface area contributed by atoms with Gasteiger partial charge < -0.3 is 5.11 Å². The molecular formula is C10H5BrCl4O2. The monoisotopic (exact) mass is 376 g/mol. The minimum absolute atomic E-state index is 0.396. The Labute approximate surface area is 126 Å². The highest BCUT2D eigenvalue weighted by Gasteiger charge is 2.68. The number of hydrogen-bond donors (Lipinski definition) is 1. The van der Waals surface area contributed by atoms with Crippen LogP contribution in [0.4, 0.5) is 0 Å². The van der Waals surface area contributed by atoms with E-state index in [1.165, 1.54) is 0 Å². The predicted octanol–water partition coefficient (Wildman–Crippen LogP) is 4.73. The number of carboxylic acids is 1. The molecule has 1 aromatic carbocycles. The minimum atomic E-state index is -1.30. The molecule has 0 unspecified atom stereocenters. The molecule has 92 valence electrons. The molecule has 0 heterocycles. The van der Waals surface area contributed by atoms with Gasteiger partial charge in [-0.05, 0) is 33.6 Å².